The Morgan fingerprint density at radius 3 is 2.11 bits per heavy atom. The van der Waals surface area contributed by atoms with Crippen LogP contribution in [0, 0.1) is 16.7 Å². The minimum absolute atomic E-state index is 0.183. The first-order valence-electron chi connectivity index (χ1n) is 13.6. The Morgan fingerprint density at radius 1 is 0.957 bits per heavy atom. The van der Waals surface area contributed by atoms with Crippen LogP contribution in [0.2, 0.25) is 0 Å². The predicted molar refractivity (Wildman–Crippen MR) is 138 cm³/mol. The van der Waals surface area contributed by atoms with Crippen molar-refractivity contribution in [3.8, 4) is 22.9 Å². The Bertz CT molecular complexity index is 1720. The van der Waals surface area contributed by atoms with E-state index in [0.29, 0.717) is 17.0 Å². The molecular weight excluding hydrogens is 661 g/mol. The van der Waals surface area contributed by atoms with Crippen molar-refractivity contribution in [2.45, 2.75) is 72.5 Å². The van der Waals surface area contributed by atoms with Crippen molar-refractivity contribution in [3.05, 3.63) is 48.0 Å². The summed E-state index contributed by atoms with van der Waals surface area (Å²) in [6, 6.07) is 5.72. The van der Waals surface area contributed by atoms with Crippen molar-refractivity contribution in [1.82, 2.24) is 10.2 Å². The van der Waals surface area contributed by atoms with Gasteiger partial charge in [0.1, 0.15) is 22.7 Å². The van der Waals surface area contributed by atoms with Gasteiger partial charge >= 0.3 is 18.7 Å². The van der Waals surface area contributed by atoms with Gasteiger partial charge in [-0.3, -0.25) is 9.59 Å². The van der Waals surface area contributed by atoms with Crippen LogP contribution in [-0.4, -0.2) is 61.0 Å². The summed E-state index contributed by atoms with van der Waals surface area (Å²) in [7, 11) is -5.17. The van der Waals surface area contributed by atoms with E-state index in [1.165, 1.54) is 6.07 Å². The fraction of sp³-hybridized carbons (Fsp3) is 0.464. The summed E-state index contributed by atoms with van der Waals surface area (Å²) in [6.45, 7) is -1.06. The molecule has 248 valence electrons. The lowest BCUT2D eigenvalue weighted by Gasteiger charge is -2.29. The highest BCUT2D eigenvalue weighted by Gasteiger charge is 2.70. The molecule has 1 heterocycles. The lowest BCUT2D eigenvalue weighted by Crippen LogP contribution is -2.53. The Morgan fingerprint density at radius 2 is 1.59 bits per heavy atom. The van der Waals surface area contributed by atoms with Crippen molar-refractivity contribution in [3.63, 3.8) is 0 Å². The largest absolute Gasteiger partial charge is 0.573 e. The van der Waals surface area contributed by atoms with Crippen LogP contribution in [0.3, 0.4) is 0 Å². The molecule has 1 aliphatic heterocycles. The van der Waals surface area contributed by atoms with E-state index in [9.17, 15) is 62.8 Å². The molecule has 0 spiro atoms. The smallest absolute Gasteiger partial charge is 0.405 e. The van der Waals surface area contributed by atoms with Crippen molar-refractivity contribution in [2.24, 2.45) is 5.41 Å². The second-order valence-electron chi connectivity index (χ2n) is 11.4. The van der Waals surface area contributed by atoms with Crippen LogP contribution >= 0.6 is 0 Å². The number of amides is 2. The van der Waals surface area contributed by atoms with Gasteiger partial charge in [-0.15, -0.1) is 13.2 Å². The van der Waals surface area contributed by atoms with Crippen molar-refractivity contribution < 1.29 is 62.3 Å². The summed E-state index contributed by atoms with van der Waals surface area (Å²) >= 11 is 0. The molecule has 2 saturated carbocycles. The molecule has 2 amide bonds. The molecule has 2 atom stereocenters. The maximum atomic E-state index is 14.3. The van der Waals surface area contributed by atoms with Crippen LogP contribution in [0.4, 0.5) is 39.5 Å². The number of hydrogen-bond acceptors (Lipinski definition) is 6. The fourth-order valence-corrected chi connectivity index (χ4v) is 7.38. The molecule has 1 unspecified atom stereocenters. The highest BCUT2D eigenvalue weighted by molar-refractivity contribution is 7.92. The minimum atomic E-state index is -5.40. The van der Waals surface area contributed by atoms with E-state index in [2.05, 4.69) is 10.1 Å². The molecule has 3 fully saturated rings. The maximum absolute atomic E-state index is 14.3. The molecule has 1 saturated heterocycles. The first kappa shape index (κ1) is 33.4. The third-order valence-electron chi connectivity index (χ3n) is 8.31. The van der Waals surface area contributed by atoms with Gasteiger partial charge in [-0.1, -0.05) is 24.3 Å². The zero-order valence-electron chi connectivity index (χ0n) is 23.2. The zero-order chi connectivity index (χ0) is 34.1. The van der Waals surface area contributed by atoms with Gasteiger partial charge < -0.3 is 15.0 Å². The van der Waals surface area contributed by atoms with Gasteiger partial charge in [-0.2, -0.15) is 31.6 Å². The Labute approximate surface area is 255 Å². The van der Waals surface area contributed by atoms with Crippen molar-refractivity contribution >= 4 is 21.7 Å². The van der Waals surface area contributed by atoms with Crippen molar-refractivity contribution in [1.29, 1.82) is 5.26 Å². The predicted octanol–water partition coefficient (Wildman–Crippen LogP) is 5.53. The maximum Gasteiger partial charge on any atom is 0.573 e. The fourth-order valence-electron chi connectivity index (χ4n) is 5.49. The topological polar surface area (TPSA) is 117 Å². The number of sulfone groups is 1. The molecule has 3 aliphatic rings. The Balaban J connectivity index is 1.54. The molecule has 2 aliphatic carbocycles. The summed E-state index contributed by atoms with van der Waals surface area (Å²) in [5.74, 6) is -3.61. The van der Waals surface area contributed by atoms with Crippen LogP contribution in [-0.2, 0) is 25.6 Å². The number of hydrogen-bond donors (Lipinski definition) is 1. The van der Waals surface area contributed by atoms with E-state index in [0.717, 1.165) is 24.3 Å². The number of nitrogens with one attached hydrogen (secondary N) is 1. The quantitative estimate of drug-likeness (QED) is 0.384. The van der Waals surface area contributed by atoms with Crippen LogP contribution in [0.5, 0.6) is 5.75 Å². The Hall–Kier alpha value is -4.01. The molecule has 46 heavy (non-hydrogen) atoms. The first-order chi connectivity index (χ1) is 21.1. The summed E-state index contributed by atoms with van der Waals surface area (Å²) in [5, 5.41) is 9.65. The monoisotopic (exact) mass is 683 g/mol. The lowest BCUT2D eigenvalue weighted by molar-refractivity contribution is -0.274. The van der Waals surface area contributed by atoms with Gasteiger partial charge in [0.2, 0.25) is 11.8 Å². The molecule has 2 aromatic rings. The van der Waals surface area contributed by atoms with Gasteiger partial charge in [0.05, 0.1) is 21.8 Å². The summed E-state index contributed by atoms with van der Waals surface area (Å²) < 4.78 is 155. The second kappa shape index (κ2) is 10.8. The third-order valence-corrected chi connectivity index (χ3v) is 10.5. The average Bonchev–Trinajstić information content (AvgIpc) is 3.87. The summed E-state index contributed by atoms with van der Waals surface area (Å²) in [6.07, 6.45) is -17.5. The summed E-state index contributed by atoms with van der Waals surface area (Å²) in [4.78, 5) is 25.4. The number of carbonyl (C=O) groups is 2. The number of nitrogens with zero attached hydrogens (tertiary/aromatic N) is 2. The normalized spacial score (nSPS) is 22.1. The van der Waals surface area contributed by atoms with Crippen LogP contribution in [0.1, 0.15) is 37.7 Å². The molecule has 8 nitrogen and oxygen atoms in total. The van der Waals surface area contributed by atoms with E-state index in [4.69, 9.17) is 0 Å². The SMILES string of the molecule is N#CC1(NC(=O)[C@@H]2CC(S(=O)(=O)c3ccc(-c4ccccc4OC(F)(F)F)cc3C(F)(F)F)CN2C(=O)C2(C(F)(F)F)CC2)CC1. The van der Waals surface area contributed by atoms with Crippen LogP contribution in [0.15, 0.2) is 47.4 Å². The molecular formula is C28H22F9N3O5S. The number of halogens is 9. The minimum Gasteiger partial charge on any atom is -0.405 e. The standard InChI is InChI=1S/C28H22F9N3O5S/c29-26(30,31)18-11-15(17-3-1-2-4-20(17)45-28(35,36)37)5-6-21(18)46(43,44)16-12-19(22(41)39-24(14-38)7-8-24)40(13-16)23(42)25(9-10-25)27(32,33)34/h1-6,11,16,19H,7-10,12-13H2,(H,39,41)/t16?,19-/m0/s1. The third kappa shape index (κ3) is 6.08. The van der Waals surface area contributed by atoms with E-state index in [1.807, 2.05) is 6.07 Å². The highest BCUT2D eigenvalue weighted by Crippen LogP contribution is 2.59. The molecule has 0 radical (unpaired) electrons. The number of nitriles is 1. The van der Waals surface area contributed by atoms with Gasteiger partial charge in [0.25, 0.3) is 0 Å². The number of benzene rings is 2. The zero-order valence-corrected chi connectivity index (χ0v) is 24.0. The Kier molecular flexibility index (Phi) is 7.81. The van der Waals surface area contributed by atoms with E-state index in [1.54, 1.807) is 0 Å². The number of rotatable bonds is 7. The number of carbonyl (C=O) groups excluding carboxylic acids is 2. The second-order valence-corrected chi connectivity index (χ2v) is 13.6. The number of likely N-dealkylation sites (tertiary alicyclic amines) is 1. The van der Waals surface area contributed by atoms with E-state index in [-0.39, 0.29) is 12.8 Å². The van der Waals surface area contributed by atoms with Crippen molar-refractivity contribution in [2.75, 3.05) is 6.54 Å². The van der Waals surface area contributed by atoms with E-state index >= 15 is 0 Å². The molecule has 1 N–H and O–H groups in total. The van der Waals surface area contributed by atoms with Gasteiger partial charge in [-0.05, 0) is 55.9 Å². The molecule has 5 rings (SSSR count). The van der Waals surface area contributed by atoms with Gasteiger partial charge in [0.15, 0.2) is 9.84 Å². The average molecular weight is 684 g/mol. The van der Waals surface area contributed by atoms with Crippen LogP contribution in [0.25, 0.3) is 11.1 Å². The number of para-hydroxylation sites is 1. The van der Waals surface area contributed by atoms with Gasteiger partial charge in [0, 0.05) is 12.1 Å². The number of ether oxygens (including phenoxy) is 1. The molecule has 0 aromatic heterocycles. The summed E-state index contributed by atoms with van der Waals surface area (Å²) in [5.41, 5.74) is -7.01. The molecule has 2 aromatic carbocycles. The number of alkyl halides is 9. The highest BCUT2D eigenvalue weighted by atomic mass is 32.2. The first-order valence-corrected chi connectivity index (χ1v) is 15.1. The van der Waals surface area contributed by atoms with Gasteiger partial charge in [-0.25, -0.2) is 8.42 Å². The van der Waals surface area contributed by atoms with Crippen LogP contribution < -0.4 is 10.1 Å². The molecule has 0 bridgehead atoms. The van der Waals surface area contributed by atoms with E-state index < -0.39 is 116 Å². The lowest BCUT2D eigenvalue weighted by atomic mass is 10.0. The molecule has 18 heteroatoms.